The Morgan fingerprint density at radius 2 is 1.00 bits per heavy atom. The third-order valence-electron chi connectivity index (χ3n) is 11.4. The lowest BCUT2D eigenvalue weighted by molar-refractivity contribution is -0.260. The van der Waals surface area contributed by atoms with Crippen LogP contribution in [0, 0.1) is 0 Å². The summed E-state index contributed by atoms with van der Waals surface area (Å²) in [6, 6.07) is 10.0. The molecule has 346 valence electrons. The van der Waals surface area contributed by atoms with Gasteiger partial charge in [0.1, 0.15) is 101 Å². The van der Waals surface area contributed by atoms with Crippen molar-refractivity contribution in [3.8, 4) is 11.5 Å². The fourth-order valence-corrected chi connectivity index (χ4v) is 7.67. The second kappa shape index (κ2) is 18.3. The Hall–Kier alpha value is -6.25. The number of carbonyl (C=O) groups excluding carboxylic acids is 5. The Labute approximate surface area is 365 Å². The number of phenols is 2. The minimum absolute atomic E-state index is 0.103. The summed E-state index contributed by atoms with van der Waals surface area (Å²) in [7, 11) is 0. The lowest BCUT2D eigenvalue weighted by Crippen LogP contribution is -2.71. The maximum atomic E-state index is 14.5. The first-order valence-electron chi connectivity index (χ1n) is 19.3. The molecule has 0 radical (unpaired) electrons. The van der Waals surface area contributed by atoms with Gasteiger partial charge < -0.3 is 86.1 Å². The van der Waals surface area contributed by atoms with Crippen molar-refractivity contribution in [2.45, 2.75) is 72.2 Å². The standard InChI is InChI=1S/C43H42O22/c44-14-24-30(52)32(54)34(56)40(64-24)42(62)36(58)20(28(50)26(38(42)60)22(48)11-5-16-1-7-18(46)8-2-16)13-21-29(51)27(23(49)12-6-17-3-9-19(47)10-4-17)39(61)43(63,37(21)59)41-35(57)33(55)31(53)25(15-45)65-41/h1-13,24-25,30-35,40-41,44-48,50-57,62-63H,14-15H2/b11-5+,12-6+,21-13-,26-22+/t24-,25-,30-,31-,32+,33+,34-,35-,40-,41-,42+,43-/m1/s1. The molecule has 6 rings (SSSR count). The van der Waals surface area contributed by atoms with Crippen LogP contribution in [-0.2, 0) is 33.4 Å². The van der Waals surface area contributed by atoms with Crippen LogP contribution >= 0.6 is 0 Å². The molecule has 0 saturated carbocycles. The summed E-state index contributed by atoms with van der Waals surface area (Å²) in [6.45, 7) is -2.35. The number of hydrogen-bond donors (Lipinski definition) is 15. The molecule has 2 saturated heterocycles. The average molecular weight is 911 g/mol. The first-order valence-corrected chi connectivity index (χ1v) is 19.3. The zero-order valence-corrected chi connectivity index (χ0v) is 33.3. The van der Waals surface area contributed by atoms with Gasteiger partial charge in [0.2, 0.25) is 34.3 Å². The molecule has 0 bridgehead atoms. The first kappa shape index (κ1) is 48.2. The summed E-state index contributed by atoms with van der Waals surface area (Å²) in [5, 5.41) is 162. The highest BCUT2D eigenvalue weighted by Gasteiger charge is 2.66. The molecule has 12 atom stereocenters. The maximum absolute atomic E-state index is 14.5. The Morgan fingerprint density at radius 1 is 0.569 bits per heavy atom. The van der Waals surface area contributed by atoms with Crippen LogP contribution in [0.25, 0.3) is 12.2 Å². The molecule has 2 aromatic rings. The lowest BCUT2D eigenvalue weighted by atomic mass is 9.68. The van der Waals surface area contributed by atoms with E-state index in [2.05, 4.69) is 0 Å². The van der Waals surface area contributed by atoms with Crippen LogP contribution in [0.3, 0.4) is 0 Å². The van der Waals surface area contributed by atoms with Gasteiger partial charge >= 0.3 is 0 Å². The van der Waals surface area contributed by atoms with E-state index in [1.54, 1.807) is 0 Å². The van der Waals surface area contributed by atoms with Crippen molar-refractivity contribution in [1.29, 1.82) is 0 Å². The lowest BCUT2D eigenvalue weighted by Gasteiger charge is -2.47. The second-order valence-corrected chi connectivity index (χ2v) is 15.4. The third-order valence-corrected chi connectivity index (χ3v) is 11.4. The normalized spacial score (nSPS) is 35.2. The molecule has 4 aliphatic rings. The summed E-state index contributed by atoms with van der Waals surface area (Å²) in [6.07, 6.45) is -19.9. The van der Waals surface area contributed by atoms with E-state index in [4.69, 9.17) is 9.47 Å². The van der Waals surface area contributed by atoms with Crippen LogP contribution < -0.4 is 0 Å². The predicted octanol–water partition coefficient (Wildman–Crippen LogP) is -3.79. The van der Waals surface area contributed by atoms with Crippen molar-refractivity contribution in [2.24, 2.45) is 0 Å². The van der Waals surface area contributed by atoms with Gasteiger partial charge in [0.15, 0.2) is 5.78 Å². The largest absolute Gasteiger partial charge is 0.508 e. The highest BCUT2D eigenvalue weighted by atomic mass is 16.6. The SMILES string of the molecule is O=C(/C=C/c1ccc(O)cc1)C1=C(O)/C(=C/C2=C(O)C(=C(O)/C=C/c3ccc(O)cc3)/C(=O)[C@](O)([C@@H]3O[C@H](CO)[C@@H](O)[C@H](O)[C@H]3O)C2=O)C(=O)[C@](O)([C@@H]2O[C@H](CO)[C@@H](O)[C@H](O)[C@H]2O)C1=O. The van der Waals surface area contributed by atoms with Gasteiger partial charge in [-0.05, 0) is 53.6 Å². The number of Topliss-reactive ketones (excluding diaryl/α,β-unsaturated/α-hetero) is 4. The number of rotatable bonds is 10. The fraction of sp³-hybridized carbons (Fsp3) is 0.326. The van der Waals surface area contributed by atoms with Crippen molar-refractivity contribution < 1.29 is 110 Å². The van der Waals surface area contributed by atoms with Crippen LogP contribution in [0.2, 0.25) is 0 Å². The van der Waals surface area contributed by atoms with E-state index in [0.29, 0.717) is 6.08 Å². The Morgan fingerprint density at radius 3 is 1.45 bits per heavy atom. The van der Waals surface area contributed by atoms with Gasteiger partial charge in [-0.2, -0.15) is 0 Å². The van der Waals surface area contributed by atoms with Crippen molar-refractivity contribution in [3.63, 3.8) is 0 Å². The number of ketones is 5. The van der Waals surface area contributed by atoms with E-state index < -0.39 is 154 Å². The predicted molar refractivity (Wildman–Crippen MR) is 214 cm³/mol. The van der Waals surface area contributed by atoms with Gasteiger partial charge in [0, 0.05) is 0 Å². The van der Waals surface area contributed by atoms with E-state index in [-0.39, 0.29) is 28.7 Å². The zero-order valence-electron chi connectivity index (χ0n) is 33.3. The summed E-state index contributed by atoms with van der Waals surface area (Å²) < 4.78 is 10.7. The molecule has 22 heteroatoms. The molecule has 22 nitrogen and oxygen atoms in total. The Kier molecular flexibility index (Phi) is 13.6. The van der Waals surface area contributed by atoms with Gasteiger partial charge in [-0.3, -0.25) is 24.0 Å². The average Bonchev–Trinajstić information content (AvgIpc) is 3.28. The van der Waals surface area contributed by atoms with Gasteiger partial charge in [-0.1, -0.05) is 36.4 Å². The summed E-state index contributed by atoms with van der Waals surface area (Å²) in [5.41, 5.74) is -13.4. The number of carbonyl (C=O) groups is 5. The quantitative estimate of drug-likeness (QED) is 0.0470. The molecule has 2 aliphatic heterocycles. The third kappa shape index (κ3) is 8.22. The minimum Gasteiger partial charge on any atom is -0.508 e. The molecule has 2 aromatic carbocycles. The minimum atomic E-state index is -3.96. The van der Waals surface area contributed by atoms with E-state index in [1.165, 1.54) is 48.5 Å². The first-order chi connectivity index (χ1) is 30.5. The molecule has 2 heterocycles. The van der Waals surface area contributed by atoms with Crippen molar-refractivity contribution in [3.05, 3.63) is 117 Å². The summed E-state index contributed by atoms with van der Waals surface area (Å²) in [5.74, 6) is -14.7. The topological polar surface area (TPSA) is 407 Å². The Balaban J connectivity index is 1.62. The summed E-state index contributed by atoms with van der Waals surface area (Å²) >= 11 is 0. The van der Waals surface area contributed by atoms with Crippen molar-refractivity contribution >= 4 is 41.1 Å². The zero-order chi connectivity index (χ0) is 48.0. The van der Waals surface area contributed by atoms with Crippen LogP contribution in [-0.4, -0.2) is 191 Å². The highest BCUT2D eigenvalue weighted by Crippen LogP contribution is 2.43. The molecule has 15 N–H and O–H groups in total. The molecule has 0 spiro atoms. The number of aliphatic hydroxyl groups excluding tert-OH is 11. The number of phenolic OH excluding ortho intramolecular Hbond substituents is 2. The molecule has 2 fully saturated rings. The molecule has 0 aromatic heterocycles. The molecule has 65 heavy (non-hydrogen) atoms. The number of hydrogen-bond acceptors (Lipinski definition) is 22. The smallest absolute Gasteiger partial charge is 0.220 e. The van der Waals surface area contributed by atoms with E-state index in [0.717, 1.165) is 18.2 Å². The number of ether oxygens (including phenoxy) is 2. The van der Waals surface area contributed by atoms with E-state index in [9.17, 15) is 101 Å². The van der Waals surface area contributed by atoms with Crippen LogP contribution in [0.1, 0.15) is 11.1 Å². The summed E-state index contributed by atoms with van der Waals surface area (Å²) in [4.78, 5) is 71.4. The van der Waals surface area contributed by atoms with Gasteiger partial charge in [-0.25, -0.2) is 0 Å². The van der Waals surface area contributed by atoms with E-state index >= 15 is 0 Å². The number of aliphatic hydroxyl groups is 13. The fourth-order valence-electron chi connectivity index (χ4n) is 7.67. The highest BCUT2D eigenvalue weighted by molar-refractivity contribution is 6.38. The molecular formula is C43H42O22. The van der Waals surface area contributed by atoms with E-state index in [1.807, 2.05) is 0 Å². The van der Waals surface area contributed by atoms with Crippen LogP contribution in [0.15, 0.2) is 106 Å². The monoisotopic (exact) mass is 910 g/mol. The van der Waals surface area contributed by atoms with Gasteiger partial charge in [0.25, 0.3) is 0 Å². The van der Waals surface area contributed by atoms with Gasteiger partial charge in [0.05, 0.1) is 24.4 Å². The molecule has 2 aliphatic carbocycles. The number of aromatic hydroxyl groups is 2. The van der Waals surface area contributed by atoms with Gasteiger partial charge in [-0.15, -0.1) is 0 Å². The van der Waals surface area contributed by atoms with Crippen molar-refractivity contribution in [2.75, 3.05) is 13.2 Å². The van der Waals surface area contributed by atoms with Crippen molar-refractivity contribution in [1.82, 2.24) is 0 Å². The van der Waals surface area contributed by atoms with Crippen LogP contribution in [0.4, 0.5) is 0 Å². The number of benzene rings is 2. The maximum Gasteiger partial charge on any atom is 0.220 e. The molecular weight excluding hydrogens is 868 g/mol. The second-order valence-electron chi connectivity index (χ2n) is 15.4. The Bertz CT molecular complexity index is 2460. The molecule has 0 unspecified atom stereocenters. The molecule has 0 amide bonds. The van der Waals surface area contributed by atoms with Crippen LogP contribution in [0.5, 0.6) is 11.5 Å². The number of allylic oxidation sites excluding steroid dienone is 5.